The third-order valence-electron chi connectivity index (χ3n) is 1.86. The monoisotopic (exact) mass is 240 g/mol. The van der Waals surface area contributed by atoms with Crippen molar-refractivity contribution in [1.82, 2.24) is 10.3 Å². The lowest BCUT2D eigenvalue weighted by Gasteiger charge is -2.21. The first-order valence-electron chi connectivity index (χ1n) is 5.14. The summed E-state index contributed by atoms with van der Waals surface area (Å²) in [6, 6.07) is 0.465. The van der Waals surface area contributed by atoms with Crippen molar-refractivity contribution in [2.75, 3.05) is 0 Å². The second-order valence-corrected chi connectivity index (χ2v) is 4.56. The predicted molar refractivity (Wildman–Crippen MR) is 60.5 cm³/mol. The largest absolute Gasteiger partial charge is 0.479 e. The Morgan fingerprint density at radius 1 is 1.47 bits per heavy atom. The molecule has 1 atom stereocenters. The molecule has 1 unspecified atom stereocenters. The lowest BCUT2D eigenvalue weighted by atomic mass is 10.1. The smallest absolute Gasteiger partial charge is 0.408 e. The van der Waals surface area contributed by atoms with E-state index in [9.17, 15) is 9.59 Å². The second-order valence-electron chi connectivity index (χ2n) is 4.56. The summed E-state index contributed by atoms with van der Waals surface area (Å²) < 4.78 is 4.99. The van der Waals surface area contributed by atoms with Crippen LogP contribution in [0.3, 0.4) is 0 Å². The molecule has 1 aromatic rings. The van der Waals surface area contributed by atoms with Crippen molar-refractivity contribution in [2.24, 2.45) is 0 Å². The van der Waals surface area contributed by atoms with Gasteiger partial charge in [-0.1, -0.05) is 0 Å². The molecule has 0 spiro atoms. The van der Waals surface area contributed by atoms with Crippen LogP contribution in [0.5, 0.6) is 0 Å². The molecule has 17 heavy (non-hydrogen) atoms. The summed E-state index contributed by atoms with van der Waals surface area (Å²) in [5.41, 5.74) is -0.200. The van der Waals surface area contributed by atoms with Crippen LogP contribution in [0, 0.1) is 0 Å². The van der Waals surface area contributed by atoms with Gasteiger partial charge in [-0.05, 0) is 26.8 Å². The summed E-state index contributed by atoms with van der Waals surface area (Å²) >= 11 is 0. The maximum Gasteiger partial charge on any atom is 0.408 e. The first-order valence-corrected chi connectivity index (χ1v) is 5.14. The molecule has 0 aliphatic rings. The molecule has 3 N–H and O–H groups in total. The number of ether oxygens (including phenoxy) is 1. The zero-order valence-corrected chi connectivity index (χ0v) is 9.98. The molecule has 1 aromatic heterocycles. The Balaban J connectivity index is 2.69. The number of hydrogen-bond acceptors (Lipinski definition) is 3. The summed E-state index contributed by atoms with van der Waals surface area (Å²) in [4.78, 5) is 25.2. The SMILES string of the molecule is CC(C)(C)OC(=O)NC(C(=O)O)c1cc[nH]c1. The number of carboxylic acid groups (broad SMARTS) is 1. The molecule has 1 amide bonds. The predicted octanol–water partition coefficient (Wildman–Crippen LogP) is 1.67. The van der Waals surface area contributed by atoms with Gasteiger partial charge < -0.3 is 20.1 Å². The van der Waals surface area contributed by atoms with Crippen LogP contribution < -0.4 is 5.32 Å². The lowest BCUT2D eigenvalue weighted by molar-refractivity contribution is -0.139. The molecule has 0 aromatic carbocycles. The first kappa shape index (κ1) is 13.1. The van der Waals surface area contributed by atoms with E-state index in [-0.39, 0.29) is 0 Å². The Morgan fingerprint density at radius 2 is 2.12 bits per heavy atom. The molecule has 6 heteroatoms. The normalized spacial score (nSPS) is 12.9. The van der Waals surface area contributed by atoms with Crippen molar-refractivity contribution in [3.63, 3.8) is 0 Å². The van der Waals surface area contributed by atoms with Gasteiger partial charge in [-0.15, -0.1) is 0 Å². The molecule has 0 radical (unpaired) electrons. The van der Waals surface area contributed by atoms with Crippen LogP contribution in [0.4, 0.5) is 4.79 Å². The van der Waals surface area contributed by atoms with Crippen molar-refractivity contribution in [2.45, 2.75) is 32.4 Å². The number of amides is 1. The van der Waals surface area contributed by atoms with Crippen LogP contribution in [-0.2, 0) is 9.53 Å². The number of aromatic amines is 1. The molecule has 1 rings (SSSR count). The fourth-order valence-corrected chi connectivity index (χ4v) is 1.23. The molecule has 0 fully saturated rings. The molecule has 0 bridgehead atoms. The van der Waals surface area contributed by atoms with Crippen molar-refractivity contribution >= 4 is 12.1 Å². The van der Waals surface area contributed by atoms with E-state index in [1.807, 2.05) is 0 Å². The average Bonchev–Trinajstić information content (AvgIpc) is 2.63. The quantitative estimate of drug-likeness (QED) is 0.749. The van der Waals surface area contributed by atoms with Gasteiger partial charge >= 0.3 is 12.1 Å². The number of nitrogens with one attached hydrogen (secondary N) is 2. The zero-order chi connectivity index (χ0) is 13.1. The Morgan fingerprint density at radius 3 is 2.53 bits per heavy atom. The highest BCUT2D eigenvalue weighted by Gasteiger charge is 2.25. The molecule has 0 aliphatic heterocycles. The molecule has 0 aliphatic carbocycles. The van der Waals surface area contributed by atoms with Gasteiger partial charge in [-0.3, -0.25) is 0 Å². The van der Waals surface area contributed by atoms with Gasteiger partial charge in [0.05, 0.1) is 0 Å². The fourth-order valence-electron chi connectivity index (χ4n) is 1.23. The Hall–Kier alpha value is -1.98. The van der Waals surface area contributed by atoms with Crippen LogP contribution in [-0.4, -0.2) is 27.8 Å². The van der Waals surface area contributed by atoms with Crippen molar-refractivity contribution in [3.05, 3.63) is 24.0 Å². The van der Waals surface area contributed by atoms with Gasteiger partial charge in [0.2, 0.25) is 0 Å². The minimum absolute atomic E-state index is 0.461. The topological polar surface area (TPSA) is 91.4 Å². The fraction of sp³-hybridized carbons (Fsp3) is 0.455. The highest BCUT2D eigenvalue weighted by Crippen LogP contribution is 2.14. The van der Waals surface area contributed by atoms with Crippen LogP contribution >= 0.6 is 0 Å². The number of H-pyrrole nitrogens is 1. The van der Waals surface area contributed by atoms with Gasteiger partial charge in [0.15, 0.2) is 6.04 Å². The van der Waals surface area contributed by atoms with Gasteiger partial charge in [0.25, 0.3) is 0 Å². The summed E-state index contributed by atoms with van der Waals surface area (Å²) in [5.74, 6) is -1.14. The van der Waals surface area contributed by atoms with E-state index in [4.69, 9.17) is 9.84 Å². The third kappa shape index (κ3) is 4.18. The van der Waals surface area contributed by atoms with Crippen molar-refractivity contribution in [3.8, 4) is 0 Å². The number of carboxylic acids is 1. The van der Waals surface area contributed by atoms with E-state index in [0.29, 0.717) is 5.56 Å². The molecule has 0 saturated heterocycles. The summed E-state index contributed by atoms with van der Waals surface area (Å²) in [6.45, 7) is 5.12. The van der Waals surface area contributed by atoms with E-state index >= 15 is 0 Å². The number of alkyl carbamates (subject to hydrolysis) is 1. The van der Waals surface area contributed by atoms with E-state index in [0.717, 1.165) is 0 Å². The molecule has 94 valence electrons. The standard InChI is InChI=1S/C11H16N2O4/c1-11(2,3)17-10(16)13-8(9(14)15)7-4-5-12-6-7/h4-6,8,12H,1-3H3,(H,13,16)(H,14,15). The van der Waals surface area contributed by atoms with Crippen LogP contribution in [0.2, 0.25) is 0 Å². The Labute approximate surface area is 99.0 Å². The van der Waals surface area contributed by atoms with E-state index in [1.54, 1.807) is 33.0 Å². The summed E-state index contributed by atoms with van der Waals surface area (Å²) in [6.07, 6.45) is 2.34. The number of aliphatic carboxylic acids is 1. The molecule has 1 heterocycles. The van der Waals surface area contributed by atoms with E-state index < -0.39 is 23.7 Å². The van der Waals surface area contributed by atoms with Crippen molar-refractivity contribution < 1.29 is 19.4 Å². The number of hydrogen-bond donors (Lipinski definition) is 3. The molecule has 6 nitrogen and oxygen atoms in total. The molecular weight excluding hydrogens is 224 g/mol. The maximum absolute atomic E-state index is 11.5. The maximum atomic E-state index is 11.5. The van der Waals surface area contributed by atoms with Crippen LogP contribution in [0.25, 0.3) is 0 Å². The minimum Gasteiger partial charge on any atom is -0.479 e. The summed E-state index contributed by atoms with van der Waals surface area (Å²) in [7, 11) is 0. The number of carbonyl (C=O) groups is 2. The minimum atomic E-state index is -1.14. The third-order valence-corrected chi connectivity index (χ3v) is 1.86. The zero-order valence-electron chi connectivity index (χ0n) is 9.98. The molecule has 0 saturated carbocycles. The van der Waals surface area contributed by atoms with Gasteiger partial charge in [-0.25, -0.2) is 9.59 Å². The molecular formula is C11H16N2O4. The van der Waals surface area contributed by atoms with E-state index in [2.05, 4.69) is 10.3 Å². The van der Waals surface area contributed by atoms with Crippen LogP contribution in [0.15, 0.2) is 18.5 Å². The summed E-state index contributed by atoms with van der Waals surface area (Å²) in [5, 5.41) is 11.3. The second kappa shape index (κ2) is 4.90. The van der Waals surface area contributed by atoms with Gasteiger partial charge in [0.1, 0.15) is 5.60 Å². The van der Waals surface area contributed by atoms with Gasteiger partial charge in [0, 0.05) is 18.0 Å². The Kier molecular flexibility index (Phi) is 3.77. The Bertz CT molecular complexity index is 392. The average molecular weight is 240 g/mol. The number of carbonyl (C=O) groups excluding carboxylic acids is 1. The number of rotatable bonds is 3. The van der Waals surface area contributed by atoms with Crippen LogP contribution in [0.1, 0.15) is 32.4 Å². The van der Waals surface area contributed by atoms with E-state index in [1.165, 1.54) is 6.20 Å². The lowest BCUT2D eigenvalue weighted by Crippen LogP contribution is -2.37. The van der Waals surface area contributed by atoms with Gasteiger partial charge in [-0.2, -0.15) is 0 Å². The highest BCUT2D eigenvalue weighted by atomic mass is 16.6. The van der Waals surface area contributed by atoms with Crippen molar-refractivity contribution in [1.29, 1.82) is 0 Å². The highest BCUT2D eigenvalue weighted by molar-refractivity contribution is 5.81. The first-order chi connectivity index (χ1) is 7.79. The number of aromatic nitrogens is 1.